The van der Waals surface area contributed by atoms with Crippen LogP contribution in [0.5, 0.6) is 0 Å². The SMILES string of the molecule is Brc1cccc([C@H]2CCCN2c2nccn3cnnc23)c1. The van der Waals surface area contributed by atoms with Crippen LogP contribution in [0.3, 0.4) is 0 Å². The van der Waals surface area contributed by atoms with Gasteiger partial charge in [0.1, 0.15) is 6.33 Å². The lowest BCUT2D eigenvalue weighted by Crippen LogP contribution is -2.24. The van der Waals surface area contributed by atoms with Gasteiger partial charge in [-0.15, -0.1) is 10.2 Å². The summed E-state index contributed by atoms with van der Waals surface area (Å²) in [7, 11) is 0. The molecule has 1 aliphatic heterocycles. The van der Waals surface area contributed by atoms with E-state index >= 15 is 0 Å². The molecule has 0 aliphatic carbocycles. The molecule has 106 valence electrons. The van der Waals surface area contributed by atoms with E-state index in [-0.39, 0.29) is 0 Å². The average molecular weight is 344 g/mol. The highest BCUT2D eigenvalue weighted by atomic mass is 79.9. The number of anilines is 1. The number of aromatic nitrogens is 4. The molecule has 1 aliphatic rings. The van der Waals surface area contributed by atoms with Crippen molar-refractivity contribution in [1.29, 1.82) is 0 Å². The standard InChI is InChI=1S/C15H14BrN5/c16-12-4-1-3-11(9-12)13-5-2-7-21(13)14-15-19-18-10-20(15)8-6-17-14/h1,3-4,6,8-10,13H,2,5,7H2/t13-/m1/s1. The van der Waals surface area contributed by atoms with Gasteiger partial charge in [0.2, 0.25) is 5.65 Å². The first-order valence-corrected chi connectivity index (χ1v) is 7.79. The Morgan fingerprint density at radius 1 is 1.29 bits per heavy atom. The number of benzene rings is 1. The van der Waals surface area contributed by atoms with Crippen molar-refractivity contribution in [2.24, 2.45) is 0 Å². The number of rotatable bonds is 2. The second kappa shape index (κ2) is 5.11. The lowest BCUT2D eigenvalue weighted by atomic mass is 10.0. The topological polar surface area (TPSA) is 46.3 Å². The Bertz CT molecular complexity index is 784. The average Bonchev–Trinajstić information content (AvgIpc) is 3.16. The third-order valence-electron chi connectivity index (χ3n) is 3.96. The quantitative estimate of drug-likeness (QED) is 0.716. The lowest BCUT2D eigenvalue weighted by Gasteiger charge is -2.26. The van der Waals surface area contributed by atoms with Crippen molar-refractivity contribution in [3.8, 4) is 0 Å². The molecule has 0 unspecified atom stereocenters. The van der Waals surface area contributed by atoms with E-state index < -0.39 is 0 Å². The maximum absolute atomic E-state index is 4.55. The molecular weight excluding hydrogens is 330 g/mol. The fourth-order valence-electron chi connectivity index (χ4n) is 3.03. The Morgan fingerprint density at radius 3 is 3.14 bits per heavy atom. The molecule has 1 atom stereocenters. The van der Waals surface area contributed by atoms with E-state index in [4.69, 9.17) is 0 Å². The summed E-state index contributed by atoms with van der Waals surface area (Å²) < 4.78 is 3.03. The maximum atomic E-state index is 4.55. The van der Waals surface area contributed by atoms with Crippen LogP contribution < -0.4 is 4.90 Å². The summed E-state index contributed by atoms with van der Waals surface area (Å²) in [5, 5.41) is 8.19. The van der Waals surface area contributed by atoms with Gasteiger partial charge >= 0.3 is 0 Å². The number of hydrogen-bond donors (Lipinski definition) is 0. The Hall–Kier alpha value is -1.95. The molecule has 1 fully saturated rings. The minimum atomic E-state index is 0.345. The Morgan fingerprint density at radius 2 is 2.24 bits per heavy atom. The molecular formula is C15H14BrN5. The van der Waals surface area contributed by atoms with Gasteiger partial charge in [0, 0.05) is 23.4 Å². The number of nitrogens with zero attached hydrogens (tertiary/aromatic N) is 5. The zero-order valence-corrected chi connectivity index (χ0v) is 12.9. The third kappa shape index (κ3) is 2.19. The van der Waals surface area contributed by atoms with Crippen molar-refractivity contribution >= 4 is 27.4 Å². The first kappa shape index (κ1) is 12.8. The van der Waals surface area contributed by atoms with Crippen molar-refractivity contribution in [2.75, 3.05) is 11.4 Å². The van der Waals surface area contributed by atoms with Gasteiger partial charge < -0.3 is 4.90 Å². The largest absolute Gasteiger partial charge is 0.346 e. The zero-order chi connectivity index (χ0) is 14.2. The zero-order valence-electron chi connectivity index (χ0n) is 11.4. The molecule has 6 heteroatoms. The van der Waals surface area contributed by atoms with E-state index in [2.05, 4.69) is 60.3 Å². The molecule has 0 saturated carbocycles. The molecule has 2 aromatic heterocycles. The summed E-state index contributed by atoms with van der Waals surface area (Å²) in [6, 6.07) is 8.85. The van der Waals surface area contributed by atoms with Gasteiger partial charge in [-0.2, -0.15) is 0 Å². The molecule has 0 spiro atoms. The van der Waals surface area contributed by atoms with Gasteiger partial charge in [0.05, 0.1) is 6.04 Å². The monoisotopic (exact) mass is 343 g/mol. The van der Waals surface area contributed by atoms with Gasteiger partial charge in [0.15, 0.2) is 5.82 Å². The summed E-state index contributed by atoms with van der Waals surface area (Å²) in [4.78, 5) is 6.89. The Labute approximate surface area is 130 Å². The molecule has 3 heterocycles. The number of halogens is 1. The summed E-state index contributed by atoms with van der Waals surface area (Å²) in [5.41, 5.74) is 2.13. The van der Waals surface area contributed by atoms with E-state index in [0.29, 0.717) is 6.04 Å². The van der Waals surface area contributed by atoms with Gasteiger partial charge in [-0.1, -0.05) is 28.1 Å². The van der Waals surface area contributed by atoms with E-state index in [1.165, 1.54) is 5.56 Å². The van der Waals surface area contributed by atoms with Crippen molar-refractivity contribution in [3.05, 3.63) is 53.0 Å². The molecule has 0 radical (unpaired) electrons. The number of hydrogen-bond acceptors (Lipinski definition) is 4. The maximum Gasteiger partial charge on any atom is 0.203 e. The predicted octanol–water partition coefficient (Wildman–Crippen LogP) is 3.23. The normalized spacial score (nSPS) is 18.5. The molecule has 0 N–H and O–H groups in total. The lowest BCUT2D eigenvalue weighted by molar-refractivity contribution is 0.711. The van der Waals surface area contributed by atoms with Crippen molar-refractivity contribution in [2.45, 2.75) is 18.9 Å². The third-order valence-corrected chi connectivity index (χ3v) is 4.45. The molecule has 21 heavy (non-hydrogen) atoms. The summed E-state index contributed by atoms with van der Waals surface area (Å²) in [6.07, 6.45) is 7.69. The van der Waals surface area contributed by atoms with Crippen LogP contribution in [-0.2, 0) is 0 Å². The van der Waals surface area contributed by atoms with Crippen LogP contribution in [0.25, 0.3) is 5.65 Å². The van der Waals surface area contributed by atoms with Crippen LogP contribution in [-0.4, -0.2) is 26.1 Å². The highest BCUT2D eigenvalue weighted by molar-refractivity contribution is 9.10. The summed E-state index contributed by atoms with van der Waals surface area (Å²) in [6.45, 7) is 0.997. The minimum absolute atomic E-state index is 0.345. The van der Waals surface area contributed by atoms with Crippen molar-refractivity contribution in [1.82, 2.24) is 19.6 Å². The predicted molar refractivity (Wildman–Crippen MR) is 84.2 cm³/mol. The van der Waals surface area contributed by atoms with Crippen molar-refractivity contribution in [3.63, 3.8) is 0 Å². The summed E-state index contributed by atoms with van der Waals surface area (Å²) in [5.74, 6) is 0.914. The molecule has 1 aromatic carbocycles. The number of fused-ring (bicyclic) bond motifs is 1. The molecule has 0 bridgehead atoms. The first-order chi connectivity index (χ1) is 10.3. The second-order valence-electron chi connectivity index (χ2n) is 5.22. The van der Waals surface area contributed by atoms with Gasteiger partial charge in [-0.05, 0) is 30.5 Å². The molecule has 0 amide bonds. The van der Waals surface area contributed by atoms with E-state index in [1.54, 1.807) is 6.33 Å². The fraction of sp³-hybridized carbons (Fsp3) is 0.267. The van der Waals surface area contributed by atoms with E-state index in [0.717, 1.165) is 35.3 Å². The smallest absolute Gasteiger partial charge is 0.203 e. The van der Waals surface area contributed by atoms with Crippen LogP contribution in [0.2, 0.25) is 0 Å². The van der Waals surface area contributed by atoms with Gasteiger partial charge in [-0.25, -0.2) is 4.98 Å². The van der Waals surface area contributed by atoms with Crippen LogP contribution in [0.15, 0.2) is 47.5 Å². The fourth-order valence-corrected chi connectivity index (χ4v) is 3.45. The van der Waals surface area contributed by atoms with E-state index in [9.17, 15) is 0 Å². The molecule has 1 saturated heterocycles. The van der Waals surface area contributed by atoms with Crippen LogP contribution >= 0.6 is 15.9 Å². The van der Waals surface area contributed by atoms with Gasteiger partial charge in [-0.3, -0.25) is 4.40 Å². The van der Waals surface area contributed by atoms with Gasteiger partial charge in [0.25, 0.3) is 0 Å². The second-order valence-corrected chi connectivity index (χ2v) is 6.13. The van der Waals surface area contributed by atoms with Crippen LogP contribution in [0, 0.1) is 0 Å². The highest BCUT2D eigenvalue weighted by Gasteiger charge is 2.29. The molecule has 4 rings (SSSR count). The first-order valence-electron chi connectivity index (χ1n) is 6.99. The van der Waals surface area contributed by atoms with Crippen LogP contribution in [0.4, 0.5) is 5.82 Å². The Kier molecular flexibility index (Phi) is 3.11. The van der Waals surface area contributed by atoms with E-state index in [1.807, 2.05) is 16.8 Å². The summed E-state index contributed by atoms with van der Waals surface area (Å²) >= 11 is 3.56. The van der Waals surface area contributed by atoms with Crippen molar-refractivity contribution < 1.29 is 0 Å². The molecule has 5 nitrogen and oxygen atoms in total. The highest BCUT2D eigenvalue weighted by Crippen LogP contribution is 2.36. The van der Waals surface area contributed by atoms with Crippen LogP contribution in [0.1, 0.15) is 24.4 Å². The Balaban J connectivity index is 1.78. The molecule has 3 aromatic rings. The minimum Gasteiger partial charge on any atom is -0.346 e.